The maximum absolute atomic E-state index is 11.7. The summed E-state index contributed by atoms with van der Waals surface area (Å²) in [5, 5.41) is 12.8. The number of carbonyl (C=O) groups is 1. The van der Waals surface area contributed by atoms with Crippen molar-refractivity contribution in [3.05, 3.63) is 64.1 Å². The summed E-state index contributed by atoms with van der Waals surface area (Å²) >= 11 is 11.5. The van der Waals surface area contributed by atoms with Gasteiger partial charge < -0.3 is 10.4 Å². The number of phenols is 1. The quantitative estimate of drug-likeness (QED) is 0.654. The van der Waals surface area contributed by atoms with Gasteiger partial charge in [0.2, 0.25) is 5.91 Å². The van der Waals surface area contributed by atoms with E-state index in [2.05, 4.69) is 5.32 Å². The van der Waals surface area contributed by atoms with Crippen molar-refractivity contribution in [2.24, 2.45) is 0 Å². The average Bonchev–Trinajstić information content (AvgIpc) is 2.42. The number of phenolic OH excluding ortho intramolecular Hbond substituents is 1. The summed E-state index contributed by atoms with van der Waals surface area (Å²) in [6.45, 7) is 0. The zero-order chi connectivity index (χ0) is 14.5. The Kier molecular flexibility index (Phi) is 4.66. The van der Waals surface area contributed by atoms with Crippen LogP contribution in [0.25, 0.3) is 6.08 Å². The number of carbonyl (C=O) groups excluding carboxylic acids is 1. The summed E-state index contributed by atoms with van der Waals surface area (Å²) in [6, 6.07) is 11.6. The summed E-state index contributed by atoms with van der Waals surface area (Å²) in [5.74, 6) is -0.317. The SMILES string of the molecule is O=C(C=Cc1ccc(Cl)cc1)Nc1ccc(O)c(Cl)c1. The number of benzene rings is 2. The zero-order valence-corrected chi connectivity index (χ0v) is 11.8. The predicted octanol–water partition coefficient (Wildman–Crippen LogP) is 4.35. The normalized spacial score (nSPS) is 10.7. The summed E-state index contributed by atoms with van der Waals surface area (Å²) in [5.41, 5.74) is 1.38. The first-order chi connectivity index (χ1) is 9.54. The van der Waals surface area contributed by atoms with Gasteiger partial charge in [-0.3, -0.25) is 4.79 Å². The monoisotopic (exact) mass is 307 g/mol. The van der Waals surface area contributed by atoms with E-state index in [4.69, 9.17) is 23.2 Å². The third-order valence-electron chi connectivity index (χ3n) is 2.51. The molecule has 0 bridgehead atoms. The molecule has 0 unspecified atom stereocenters. The minimum absolute atomic E-state index is 0.0265. The van der Waals surface area contributed by atoms with Crippen LogP contribution in [-0.4, -0.2) is 11.0 Å². The number of anilines is 1. The Balaban J connectivity index is 2.01. The lowest BCUT2D eigenvalue weighted by Crippen LogP contribution is -2.07. The van der Waals surface area contributed by atoms with Crippen LogP contribution in [0.3, 0.4) is 0 Å². The van der Waals surface area contributed by atoms with E-state index in [1.165, 1.54) is 18.2 Å². The number of aromatic hydroxyl groups is 1. The van der Waals surface area contributed by atoms with Gasteiger partial charge in [0.05, 0.1) is 5.02 Å². The van der Waals surface area contributed by atoms with Crippen molar-refractivity contribution in [3.63, 3.8) is 0 Å². The van der Waals surface area contributed by atoms with Crippen molar-refractivity contribution in [2.75, 3.05) is 5.32 Å². The van der Waals surface area contributed by atoms with Crippen molar-refractivity contribution < 1.29 is 9.90 Å². The summed E-state index contributed by atoms with van der Waals surface area (Å²) < 4.78 is 0. The van der Waals surface area contributed by atoms with Crippen molar-refractivity contribution in [1.82, 2.24) is 0 Å². The molecule has 0 spiro atoms. The number of hydrogen-bond acceptors (Lipinski definition) is 2. The van der Waals surface area contributed by atoms with E-state index in [0.717, 1.165) is 5.56 Å². The molecule has 0 aliphatic carbocycles. The van der Waals surface area contributed by atoms with Gasteiger partial charge in [-0.15, -0.1) is 0 Å². The molecule has 102 valence electrons. The highest BCUT2D eigenvalue weighted by Crippen LogP contribution is 2.26. The van der Waals surface area contributed by atoms with Gasteiger partial charge in [-0.25, -0.2) is 0 Å². The molecule has 5 heteroatoms. The second-order valence-electron chi connectivity index (χ2n) is 4.04. The molecular weight excluding hydrogens is 297 g/mol. The molecule has 0 aliphatic heterocycles. The van der Waals surface area contributed by atoms with Crippen LogP contribution in [0.4, 0.5) is 5.69 Å². The Morgan fingerprint density at radius 3 is 2.45 bits per heavy atom. The van der Waals surface area contributed by atoms with Crippen LogP contribution >= 0.6 is 23.2 Å². The minimum Gasteiger partial charge on any atom is -0.506 e. The highest BCUT2D eigenvalue weighted by molar-refractivity contribution is 6.32. The van der Waals surface area contributed by atoms with E-state index in [1.807, 2.05) is 12.1 Å². The third kappa shape index (κ3) is 4.02. The van der Waals surface area contributed by atoms with E-state index in [-0.39, 0.29) is 16.7 Å². The van der Waals surface area contributed by atoms with Gasteiger partial charge in [0.1, 0.15) is 5.75 Å². The number of rotatable bonds is 3. The van der Waals surface area contributed by atoms with Crippen LogP contribution in [-0.2, 0) is 4.79 Å². The van der Waals surface area contributed by atoms with Gasteiger partial charge in [-0.2, -0.15) is 0 Å². The van der Waals surface area contributed by atoms with Crippen LogP contribution in [0.2, 0.25) is 10.0 Å². The molecule has 0 heterocycles. The summed E-state index contributed by atoms with van der Waals surface area (Å²) in [7, 11) is 0. The Labute approximate surface area is 126 Å². The van der Waals surface area contributed by atoms with Gasteiger partial charge in [-0.05, 0) is 42.0 Å². The molecule has 0 radical (unpaired) electrons. The Morgan fingerprint density at radius 1 is 1.10 bits per heavy atom. The lowest BCUT2D eigenvalue weighted by molar-refractivity contribution is -0.111. The van der Waals surface area contributed by atoms with Gasteiger partial charge in [0, 0.05) is 16.8 Å². The standard InChI is InChI=1S/C15H11Cl2NO2/c16-11-4-1-10(2-5-11)3-8-15(20)18-12-6-7-14(19)13(17)9-12/h1-9,19H,(H,18,20). The second kappa shape index (κ2) is 6.46. The van der Waals surface area contributed by atoms with Gasteiger partial charge in [0.15, 0.2) is 0 Å². The fraction of sp³-hybridized carbons (Fsp3) is 0. The molecule has 1 amide bonds. The van der Waals surface area contributed by atoms with Crippen LogP contribution < -0.4 is 5.32 Å². The van der Waals surface area contributed by atoms with Crippen LogP contribution in [0.5, 0.6) is 5.75 Å². The number of nitrogens with one attached hydrogen (secondary N) is 1. The fourth-order valence-corrected chi connectivity index (χ4v) is 1.82. The first kappa shape index (κ1) is 14.4. The van der Waals surface area contributed by atoms with E-state index in [0.29, 0.717) is 10.7 Å². The topological polar surface area (TPSA) is 49.3 Å². The molecule has 2 rings (SSSR count). The molecule has 0 fully saturated rings. The molecule has 0 aliphatic rings. The van der Waals surface area contributed by atoms with Crippen molar-refractivity contribution in [3.8, 4) is 5.75 Å². The molecule has 20 heavy (non-hydrogen) atoms. The van der Waals surface area contributed by atoms with Crippen LogP contribution in [0, 0.1) is 0 Å². The maximum Gasteiger partial charge on any atom is 0.248 e. The molecule has 3 nitrogen and oxygen atoms in total. The number of hydrogen-bond donors (Lipinski definition) is 2. The first-order valence-corrected chi connectivity index (χ1v) is 6.53. The lowest BCUT2D eigenvalue weighted by atomic mass is 10.2. The third-order valence-corrected chi connectivity index (χ3v) is 3.07. The minimum atomic E-state index is -0.290. The molecular formula is C15H11Cl2NO2. The van der Waals surface area contributed by atoms with Crippen molar-refractivity contribution in [1.29, 1.82) is 0 Å². The van der Waals surface area contributed by atoms with Crippen LogP contribution in [0.1, 0.15) is 5.56 Å². The van der Waals surface area contributed by atoms with E-state index < -0.39 is 0 Å². The predicted molar refractivity (Wildman–Crippen MR) is 82.2 cm³/mol. The first-order valence-electron chi connectivity index (χ1n) is 5.78. The smallest absolute Gasteiger partial charge is 0.248 e. The van der Waals surface area contributed by atoms with Gasteiger partial charge >= 0.3 is 0 Å². The number of halogens is 2. The average molecular weight is 308 g/mol. The van der Waals surface area contributed by atoms with Crippen molar-refractivity contribution >= 4 is 40.9 Å². The molecule has 0 atom stereocenters. The Bertz CT molecular complexity index is 651. The molecule has 0 saturated heterocycles. The maximum atomic E-state index is 11.7. The van der Waals surface area contributed by atoms with E-state index >= 15 is 0 Å². The summed E-state index contributed by atoms with van der Waals surface area (Å²) in [6.07, 6.45) is 3.08. The van der Waals surface area contributed by atoms with Crippen molar-refractivity contribution in [2.45, 2.75) is 0 Å². The molecule has 2 aromatic carbocycles. The van der Waals surface area contributed by atoms with Gasteiger partial charge in [0.25, 0.3) is 0 Å². The van der Waals surface area contributed by atoms with E-state index in [1.54, 1.807) is 24.3 Å². The highest BCUT2D eigenvalue weighted by atomic mass is 35.5. The lowest BCUT2D eigenvalue weighted by Gasteiger charge is -2.03. The second-order valence-corrected chi connectivity index (χ2v) is 4.88. The largest absolute Gasteiger partial charge is 0.506 e. The van der Waals surface area contributed by atoms with Crippen LogP contribution in [0.15, 0.2) is 48.5 Å². The zero-order valence-electron chi connectivity index (χ0n) is 10.3. The Morgan fingerprint density at radius 2 is 1.80 bits per heavy atom. The fourth-order valence-electron chi connectivity index (χ4n) is 1.51. The van der Waals surface area contributed by atoms with Gasteiger partial charge in [-0.1, -0.05) is 35.3 Å². The molecule has 0 aromatic heterocycles. The molecule has 2 aromatic rings. The summed E-state index contributed by atoms with van der Waals surface area (Å²) in [4.78, 5) is 11.7. The van der Waals surface area contributed by atoms with E-state index in [9.17, 15) is 9.90 Å². The highest BCUT2D eigenvalue weighted by Gasteiger charge is 2.02. The molecule has 0 saturated carbocycles. The molecule has 2 N–H and O–H groups in total. The Hall–Kier alpha value is -1.97. The number of amides is 1.